The third kappa shape index (κ3) is 1.71. The van der Waals surface area contributed by atoms with Crippen molar-refractivity contribution in [2.24, 2.45) is 34.5 Å². The molecule has 0 aromatic heterocycles. The molecular formula is C19H26O3. The maximum absolute atomic E-state index is 12.3. The van der Waals surface area contributed by atoms with Gasteiger partial charge in [-0.25, -0.2) is 0 Å². The van der Waals surface area contributed by atoms with Crippen LogP contribution in [0.15, 0.2) is 0 Å². The molecule has 0 aromatic rings. The first-order chi connectivity index (χ1) is 10.4. The minimum absolute atomic E-state index is 0.0953. The van der Waals surface area contributed by atoms with Gasteiger partial charge in [0.05, 0.1) is 0 Å². The molecule has 4 aliphatic rings. The Hall–Kier alpha value is -0.990. The van der Waals surface area contributed by atoms with Crippen molar-refractivity contribution in [2.45, 2.75) is 65.2 Å². The second-order valence-electron chi connectivity index (χ2n) is 8.81. The molecule has 1 unspecified atom stereocenters. The van der Waals surface area contributed by atoms with Gasteiger partial charge >= 0.3 is 0 Å². The van der Waals surface area contributed by atoms with Gasteiger partial charge in [0, 0.05) is 24.7 Å². The summed E-state index contributed by atoms with van der Waals surface area (Å²) in [5.41, 5.74) is -0.126. The standard InChI is InChI=1S/C19H26O3/c1-18-7-5-12(20)9-11(18)3-4-13-14(18)6-8-19(2)15(13)10-16(21)17(19)22/h11,13-15H,3-10H2,1-2H3/t11?,13-,14-,15+,18+,19+/m1/s1. The van der Waals surface area contributed by atoms with Crippen molar-refractivity contribution in [1.82, 2.24) is 0 Å². The van der Waals surface area contributed by atoms with Crippen LogP contribution in [-0.2, 0) is 14.4 Å². The van der Waals surface area contributed by atoms with E-state index >= 15 is 0 Å². The number of rotatable bonds is 0. The minimum atomic E-state index is -0.383. The summed E-state index contributed by atoms with van der Waals surface area (Å²) in [7, 11) is 0. The Kier molecular flexibility index (Phi) is 3.00. The zero-order valence-electron chi connectivity index (χ0n) is 13.7. The minimum Gasteiger partial charge on any atom is -0.300 e. The lowest BCUT2D eigenvalue weighted by Gasteiger charge is -2.59. The molecule has 0 aromatic carbocycles. The first-order valence-corrected chi connectivity index (χ1v) is 8.95. The second-order valence-corrected chi connectivity index (χ2v) is 8.81. The van der Waals surface area contributed by atoms with Crippen molar-refractivity contribution in [3.8, 4) is 0 Å². The van der Waals surface area contributed by atoms with Crippen molar-refractivity contribution in [1.29, 1.82) is 0 Å². The molecule has 4 rings (SSSR count). The van der Waals surface area contributed by atoms with Gasteiger partial charge < -0.3 is 0 Å². The van der Waals surface area contributed by atoms with E-state index in [0.29, 0.717) is 30.0 Å². The normalized spacial score (nSPS) is 51.3. The fourth-order valence-corrected chi connectivity index (χ4v) is 6.63. The topological polar surface area (TPSA) is 51.2 Å². The molecule has 4 aliphatic carbocycles. The van der Waals surface area contributed by atoms with Crippen molar-refractivity contribution < 1.29 is 14.4 Å². The second kappa shape index (κ2) is 4.52. The summed E-state index contributed by atoms with van der Waals surface area (Å²) in [4.78, 5) is 36.2. The van der Waals surface area contributed by atoms with Crippen LogP contribution in [0, 0.1) is 34.5 Å². The molecule has 120 valence electrons. The van der Waals surface area contributed by atoms with Crippen molar-refractivity contribution >= 4 is 17.3 Å². The Morgan fingerprint density at radius 1 is 0.909 bits per heavy atom. The summed E-state index contributed by atoms with van der Waals surface area (Å²) in [5, 5.41) is 0. The Bertz CT molecular complexity index is 565. The fraction of sp³-hybridized carbons (Fsp3) is 0.842. The van der Waals surface area contributed by atoms with Crippen LogP contribution in [0.3, 0.4) is 0 Å². The lowest BCUT2D eigenvalue weighted by Crippen LogP contribution is -2.53. The lowest BCUT2D eigenvalue weighted by atomic mass is 9.45. The van der Waals surface area contributed by atoms with Gasteiger partial charge in [-0.15, -0.1) is 0 Å². The number of carbonyl (C=O) groups excluding carboxylic acids is 3. The van der Waals surface area contributed by atoms with E-state index in [4.69, 9.17) is 0 Å². The number of Topliss-reactive ketones (excluding diaryl/α,β-unsaturated/α-hetero) is 3. The van der Waals surface area contributed by atoms with E-state index in [0.717, 1.165) is 44.9 Å². The summed E-state index contributed by atoms with van der Waals surface area (Å²) in [6.45, 7) is 4.43. The first-order valence-electron chi connectivity index (χ1n) is 8.95. The molecule has 0 heterocycles. The quantitative estimate of drug-likeness (QED) is 0.645. The third-order valence-corrected chi connectivity index (χ3v) is 8.05. The van der Waals surface area contributed by atoms with Gasteiger partial charge in [0.15, 0.2) is 5.78 Å². The number of fused-ring (bicyclic) bond motifs is 5. The van der Waals surface area contributed by atoms with E-state index in [1.165, 1.54) is 0 Å². The number of hydrogen-bond donors (Lipinski definition) is 0. The molecule has 0 spiro atoms. The highest BCUT2D eigenvalue weighted by molar-refractivity contribution is 6.41. The first kappa shape index (κ1) is 14.6. The summed E-state index contributed by atoms with van der Waals surface area (Å²) in [6, 6.07) is 0. The van der Waals surface area contributed by atoms with Gasteiger partial charge in [-0.2, -0.15) is 0 Å². The van der Waals surface area contributed by atoms with Gasteiger partial charge in [0.25, 0.3) is 0 Å². The number of carbonyl (C=O) groups is 3. The summed E-state index contributed by atoms with van der Waals surface area (Å²) in [6.07, 6.45) is 7.16. The van der Waals surface area contributed by atoms with Gasteiger partial charge in [-0.3, -0.25) is 14.4 Å². The molecular weight excluding hydrogens is 276 g/mol. The zero-order valence-corrected chi connectivity index (χ0v) is 13.7. The molecule has 0 radical (unpaired) electrons. The predicted octanol–water partition coefficient (Wildman–Crippen LogP) is 3.35. The molecule has 0 saturated heterocycles. The smallest absolute Gasteiger partial charge is 0.204 e. The average Bonchev–Trinajstić information content (AvgIpc) is 2.72. The van der Waals surface area contributed by atoms with Crippen LogP contribution in [0.4, 0.5) is 0 Å². The third-order valence-electron chi connectivity index (χ3n) is 8.05. The van der Waals surface area contributed by atoms with Crippen molar-refractivity contribution in [3.63, 3.8) is 0 Å². The Morgan fingerprint density at radius 2 is 1.68 bits per heavy atom. The molecule has 3 nitrogen and oxygen atoms in total. The Labute approximate surface area is 132 Å². The predicted molar refractivity (Wildman–Crippen MR) is 82.1 cm³/mol. The zero-order chi connectivity index (χ0) is 15.7. The van der Waals surface area contributed by atoms with E-state index in [1.807, 2.05) is 6.92 Å². The Balaban J connectivity index is 1.67. The van der Waals surface area contributed by atoms with E-state index < -0.39 is 0 Å². The Morgan fingerprint density at radius 3 is 2.45 bits per heavy atom. The molecule has 22 heavy (non-hydrogen) atoms. The maximum atomic E-state index is 12.3. The van der Waals surface area contributed by atoms with Crippen molar-refractivity contribution in [3.05, 3.63) is 0 Å². The molecule has 0 amide bonds. The van der Waals surface area contributed by atoms with Crippen LogP contribution in [0.5, 0.6) is 0 Å². The van der Waals surface area contributed by atoms with E-state index in [2.05, 4.69) is 6.92 Å². The monoisotopic (exact) mass is 302 g/mol. The van der Waals surface area contributed by atoms with E-state index in [-0.39, 0.29) is 28.3 Å². The van der Waals surface area contributed by atoms with E-state index in [1.54, 1.807) is 0 Å². The average molecular weight is 302 g/mol. The molecule has 4 saturated carbocycles. The fourth-order valence-electron chi connectivity index (χ4n) is 6.63. The highest BCUT2D eigenvalue weighted by Crippen LogP contribution is 2.64. The maximum Gasteiger partial charge on any atom is 0.204 e. The summed E-state index contributed by atoms with van der Waals surface area (Å²) < 4.78 is 0. The van der Waals surface area contributed by atoms with Crippen LogP contribution in [0.25, 0.3) is 0 Å². The largest absolute Gasteiger partial charge is 0.300 e. The molecule has 6 atom stereocenters. The van der Waals surface area contributed by atoms with Crippen LogP contribution >= 0.6 is 0 Å². The van der Waals surface area contributed by atoms with Gasteiger partial charge in [0.1, 0.15) is 5.78 Å². The highest BCUT2D eigenvalue weighted by Gasteiger charge is 2.62. The van der Waals surface area contributed by atoms with Gasteiger partial charge in [-0.1, -0.05) is 13.8 Å². The highest BCUT2D eigenvalue weighted by atomic mass is 16.2. The van der Waals surface area contributed by atoms with Gasteiger partial charge in [-0.05, 0) is 61.2 Å². The molecule has 0 N–H and O–H groups in total. The van der Waals surface area contributed by atoms with Crippen LogP contribution in [0.2, 0.25) is 0 Å². The molecule has 0 aliphatic heterocycles. The van der Waals surface area contributed by atoms with E-state index in [9.17, 15) is 14.4 Å². The van der Waals surface area contributed by atoms with Crippen molar-refractivity contribution in [2.75, 3.05) is 0 Å². The lowest BCUT2D eigenvalue weighted by molar-refractivity contribution is -0.146. The number of hydrogen-bond acceptors (Lipinski definition) is 3. The molecule has 0 bridgehead atoms. The van der Waals surface area contributed by atoms with Crippen LogP contribution in [0.1, 0.15) is 65.2 Å². The summed E-state index contributed by atoms with van der Waals surface area (Å²) >= 11 is 0. The van der Waals surface area contributed by atoms with Gasteiger partial charge in [0.2, 0.25) is 5.78 Å². The number of ketones is 3. The van der Waals surface area contributed by atoms with Crippen LogP contribution < -0.4 is 0 Å². The molecule has 3 heteroatoms. The molecule has 4 fully saturated rings. The SMILES string of the molecule is C[C@]12CCC(=O)CC1CC[C@@H]1[C@H]2CC[C@]2(C)C(=O)C(=O)C[C@@H]12. The van der Waals surface area contributed by atoms with Crippen LogP contribution in [-0.4, -0.2) is 17.3 Å². The summed E-state index contributed by atoms with van der Waals surface area (Å²) in [5.74, 6) is 2.14.